The number of nitrogens with zero attached hydrogens (tertiary/aromatic N) is 2. The zero-order valence-corrected chi connectivity index (χ0v) is 18.3. The van der Waals surface area contributed by atoms with Gasteiger partial charge in [0.25, 0.3) is 0 Å². The van der Waals surface area contributed by atoms with Gasteiger partial charge in [-0.3, -0.25) is 9.59 Å². The van der Waals surface area contributed by atoms with Gasteiger partial charge in [0.1, 0.15) is 11.4 Å². The lowest BCUT2D eigenvalue weighted by molar-refractivity contribution is -0.128. The fourth-order valence-corrected chi connectivity index (χ4v) is 4.81. The van der Waals surface area contributed by atoms with Crippen molar-refractivity contribution in [3.05, 3.63) is 66.0 Å². The number of hydrogen-bond acceptors (Lipinski definition) is 7. The second-order valence-electron chi connectivity index (χ2n) is 7.72. The molecule has 1 spiro atoms. The van der Waals surface area contributed by atoms with Gasteiger partial charge in [-0.05, 0) is 19.2 Å². The number of piperidine rings is 1. The van der Waals surface area contributed by atoms with Crippen LogP contribution in [0.15, 0.2) is 60.4 Å². The number of carbonyl (C=O) groups is 2. The van der Waals surface area contributed by atoms with Crippen molar-refractivity contribution in [1.29, 1.82) is 5.26 Å². The number of nitrogen functional groups attached to an aromatic ring is 1. The van der Waals surface area contributed by atoms with Crippen molar-refractivity contribution in [2.24, 2.45) is 0 Å². The molecule has 0 saturated carbocycles. The Morgan fingerprint density at radius 3 is 2.65 bits per heavy atom. The van der Waals surface area contributed by atoms with Crippen LogP contribution in [0.5, 0.6) is 0 Å². The van der Waals surface area contributed by atoms with Crippen molar-refractivity contribution in [3.63, 3.8) is 0 Å². The molecule has 7 heteroatoms. The highest BCUT2D eigenvalue weighted by atomic mass is 32.1. The van der Waals surface area contributed by atoms with Crippen LogP contribution < -0.4 is 5.73 Å². The normalized spacial score (nSPS) is 18.0. The molecule has 1 saturated heterocycles. The third kappa shape index (κ3) is 4.61. The molecule has 0 aliphatic carbocycles. The van der Waals surface area contributed by atoms with Crippen LogP contribution in [-0.2, 0) is 9.53 Å². The van der Waals surface area contributed by atoms with Gasteiger partial charge in [0.2, 0.25) is 0 Å². The minimum Gasteiger partial charge on any atom is -0.486 e. The Balaban J connectivity index is 0.000000194. The summed E-state index contributed by atoms with van der Waals surface area (Å²) in [7, 11) is 2.06. The smallest absolute Gasteiger partial charge is 0.171 e. The van der Waals surface area contributed by atoms with E-state index in [9.17, 15) is 9.59 Å². The first-order valence-corrected chi connectivity index (χ1v) is 10.7. The molecular formula is C24H25N3O3S. The van der Waals surface area contributed by atoms with Gasteiger partial charge < -0.3 is 15.4 Å². The van der Waals surface area contributed by atoms with Crippen molar-refractivity contribution in [2.45, 2.75) is 24.9 Å². The molecule has 2 aliphatic heterocycles. The number of carbonyl (C=O) groups excluding carboxylic acids is 2. The van der Waals surface area contributed by atoms with E-state index in [0.29, 0.717) is 28.3 Å². The van der Waals surface area contributed by atoms with Gasteiger partial charge in [0.15, 0.2) is 12.1 Å². The number of nitrogens with two attached hydrogens (primary N) is 1. The molecule has 2 aromatic rings. The van der Waals surface area contributed by atoms with Gasteiger partial charge >= 0.3 is 0 Å². The summed E-state index contributed by atoms with van der Waals surface area (Å²) < 4.78 is 7.09. The largest absolute Gasteiger partial charge is 0.486 e. The third-order valence-corrected chi connectivity index (χ3v) is 6.65. The van der Waals surface area contributed by atoms with Gasteiger partial charge in [0.05, 0.1) is 34.2 Å². The highest BCUT2D eigenvalue weighted by Crippen LogP contribution is 2.39. The Kier molecular flexibility index (Phi) is 6.74. The number of likely N-dealkylation sites (tertiary alicyclic amines) is 1. The quantitative estimate of drug-likeness (QED) is 0.572. The number of thiophene rings is 1. The van der Waals surface area contributed by atoms with Gasteiger partial charge in [-0.2, -0.15) is 5.26 Å². The number of ketones is 1. The van der Waals surface area contributed by atoms with E-state index in [0.717, 1.165) is 42.3 Å². The molecule has 2 N–H and O–H groups in total. The lowest BCUT2D eigenvalue weighted by Crippen LogP contribution is -2.48. The van der Waals surface area contributed by atoms with Crippen molar-refractivity contribution in [3.8, 4) is 6.07 Å². The molecule has 1 aromatic heterocycles. The molecule has 160 valence electrons. The molecule has 0 amide bonds. The number of fused-ring (bicyclic) bond motifs is 1. The molecule has 6 nitrogen and oxygen atoms in total. The van der Waals surface area contributed by atoms with Gasteiger partial charge in [-0.15, -0.1) is 11.3 Å². The number of allylic oxidation sites excluding steroid dienone is 3. The summed E-state index contributed by atoms with van der Waals surface area (Å²) in [5.41, 5.74) is 6.30. The summed E-state index contributed by atoms with van der Waals surface area (Å²) in [6.45, 7) is 9.12. The fourth-order valence-electron chi connectivity index (χ4n) is 3.87. The highest BCUT2D eigenvalue weighted by molar-refractivity contribution is 7.23. The summed E-state index contributed by atoms with van der Waals surface area (Å²) in [5.74, 6) is 0.351. The molecule has 0 radical (unpaired) electrons. The predicted molar refractivity (Wildman–Crippen MR) is 124 cm³/mol. The molecular weight excluding hydrogens is 410 g/mol. The van der Waals surface area contributed by atoms with Gasteiger partial charge in [-0.1, -0.05) is 31.4 Å². The minimum atomic E-state index is -0.424. The van der Waals surface area contributed by atoms with Crippen LogP contribution in [0.25, 0.3) is 10.1 Å². The second-order valence-corrected chi connectivity index (χ2v) is 8.80. The molecule has 1 aromatic carbocycles. The summed E-state index contributed by atoms with van der Waals surface area (Å²) in [6.07, 6.45) is 4.29. The van der Waals surface area contributed by atoms with E-state index < -0.39 is 5.60 Å². The zero-order chi connectivity index (χ0) is 22.6. The summed E-state index contributed by atoms with van der Waals surface area (Å²) >= 11 is 1.45. The number of aldehydes is 1. The first kappa shape index (κ1) is 22.5. The first-order valence-electron chi connectivity index (χ1n) is 9.93. The van der Waals surface area contributed by atoms with E-state index in [1.807, 2.05) is 30.3 Å². The van der Waals surface area contributed by atoms with E-state index in [4.69, 9.17) is 15.7 Å². The molecule has 3 heterocycles. The Labute approximate surface area is 185 Å². The number of ether oxygens (including phenoxy) is 1. The number of nitriles is 1. The number of anilines is 1. The van der Waals surface area contributed by atoms with Gasteiger partial charge in [-0.25, -0.2) is 0 Å². The Bertz CT molecular complexity index is 1110. The Hall–Kier alpha value is -3.21. The highest BCUT2D eigenvalue weighted by Gasteiger charge is 2.43. The molecule has 0 unspecified atom stereocenters. The van der Waals surface area contributed by atoms with Crippen molar-refractivity contribution < 1.29 is 14.3 Å². The molecule has 0 atom stereocenters. The third-order valence-electron chi connectivity index (χ3n) is 5.64. The van der Waals surface area contributed by atoms with Crippen LogP contribution in [0.3, 0.4) is 0 Å². The van der Waals surface area contributed by atoms with Crippen LogP contribution in [0.1, 0.15) is 29.6 Å². The summed E-state index contributed by atoms with van der Waals surface area (Å²) in [4.78, 5) is 25.2. The van der Waals surface area contributed by atoms with Crippen LogP contribution in [-0.4, -0.2) is 42.7 Å². The molecule has 1 fully saturated rings. The van der Waals surface area contributed by atoms with Crippen molar-refractivity contribution in [2.75, 3.05) is 25.9 Å². The molecule has 4 rings (SSSR count). The summed E-state index contributed by atoms with van der Waals surface area (Å²) in [6, 6.07) is 9.63. The number of hydrogen-bond donors (Lipinski definition) is 1. The van der Waals surface area contributed by atoms with Crippen LogP contribution in [0.2, 0.25) is 0 Å². The fraction of sp³-hybridized carbons (Fsp3) is 0.292. The van der Waals surface area contributed by atoms with E-state index in [1.54, 1.807) is 0 Å². The van der Waals surface area contributed by atoms with Crippen LogP contribution in [0.4, 0.5) is 5.00 Å². The maximum atomic E-state index is 12.3. The lowest BCUT2D eigenvalue weighted by Gasteiger charge is -2.43. The number of Topliss-reactive ketones (excluding diaryl/α,β-unsaturated/α-hetero) is 1. The maximum Gasteiger partial charge on any atom is 0.171 e. The SMILES string of the molecule is C=CC1=C(C(=C)C#N)C(=O)CC2(CCN(C)CC2)O1.Nc1sc2ccccc2c1C=O. The molecule has 31 heavy (non-hydrogen) atoms. The predicted octanol–water partition coefficient (Wildman–Crippen LogP) is 4.26. The molecule has 2 aliphatic rings. The topological polar surface area (TPSA) is 96.4 Å². The second kappa shape index (κ2) is 9.29. The van der Waals surface area contributed by atoms with E-state index in [-0.39, 0.29) is 11.4 Å². The average molecular weight is 436 g/mol. The van der Waals surface area contributed by atoms with Gasteiger partial charge in [0, 0.05) is 36.0 Å². The van der Waals surface area contributed by atoms with Crippen LogP contribution in [0, 0.1) is 11.3 Å². The average Bonchev–Trinajstić information content (AvgIpc) is 3.10. The zero-order valence-electron chi connectivity index (χ0n) is 17.5. The van der Waals surface area contributed by atoms with E-state index >= 15 is 0 Å². The maximum absolute atomic E-state index is 12.3. The standard InChI is InChI=1S/C15H18N2O2.C9H7NOS/c1-4-13-14(11(2)10-16)12(18)9-15(19-13)5-7-17(3)8-6-15;10-9-7(5-11)6-3-1-2-4-8(6)12-9/h4H,1-2,5-9H2,3H3;1-5H,10H2. The Morgan fingerprint density at radius 2 is 2.03 bits per heavy atom. The first-order chi connectivity index (χ1) is 14.8. The lowest BCUT2D eigenvalue weighted by atomic mass is 9.81. The number of rotatable bonds is 3. The van der Waals surface area contributed by atoms with Crippen molar-refractivity contribution >= 4 is 38.5 Å². The summed E-state index contributed by atoms with van der Waals surface area (Å²) in [5, 5.41) is 10.5. The van der Waals surface area contributed by atoms with Crippen LogP contribution >= 0.6 is 11.3 Å². The monoisotopic (exact) mass is 435 g/mol. The minimum absolute atomic E-state index is 0.0581. The van der Waals surface area contributed by atoms with E-state index in [2.05, 4.69) is 25.1 Å². The van der Waals surface area contributed by atoms with Crippen molar-refractivity contribution in [1.82, 2.24) is 4.90 Å². The van der Waals surface area contributed by atoms with E-state index in [1.165, 1.54) is 17.4 Å². The molecule has 0 bridgehead atoms. The Morgan fingerprint density at radius 1 is 1.35 bits per heavy atom. The number of benzene rings is 1.